The van der Waals surface area contributed by atoms with E-state index in [-0.39, 0.29) is 38.6 Å². The normalized spacial score (nSPS) is 11.6. The van der Waals surface area contributed by atoms with Gasteiger partial charge >= 0.3 is 0 Å². The van der Waals surface area contributed by atoms with Crippen molar-refractivity contribution in [1.82, 2.24) is 14.3 Å². The number of hydrogen-bond acceptors (Lipinski definition) is 4. The lowest BCUT2D eigenvalue weighted by Gasteiger charge is -2.11. The van der Waals surface area contributed by atoms with Crippen molar-refractivity contribution in [1.29, 1.82) is 0 Å². The number of rotatable bonds is 6. The van der Waals surface area contributed by atoms with Gasteiger partial charge in [-0.2, -0.15) is 0 Å². The molecule has 2 aromatic carbocycles. The van der Waals surface area contributed by atoms with Crippen LogP contribution in [-0.4, -0.2) is 24.5 Å². The molecule has 0 saturated heterocycles. The molecule has 0 saturated carbocycles. The van der Waals surface area contributed by atoms with E-state index < -0.39 is 15.8 Å². The summed E-state index contributed by atoms with van der Waals surface area (Å²) in [6.45, 7) is -0.0515. The minimum atomic E-state index is -3.96. The highest BCUT2D eigenvalue weighted by Gasteiger charge is 2.19. The minimum absolute atomic E-state index is 0.0354. The monoisotopic (exact) mass is 475 g/mol. The zero-order valence-electron chi connectivity index (χ0n) is 14.6. The molecule has 1 heterocycles. The van der Waals surface area contributed by atoms with Crippen LogP contribution in [0.2, 0.25) is 15.1 Å². The molecule has 0 atom stereocenters. The second kappa shape index (κ2) is 8.81. The first-order valence-electron chi connectivity index (χ1n) is 8.14. The average Bonchev–Trinajstić information content (AvgIpc) is 2.66. The van der Waals surface area contributed by atoms with E-state index in [2.05, 4.69) is 9.71 Å². The maximum absolute atomic E-state index is 13.0. The molecule has 152 valence electrons. The third kappa shape index (κ3) is 5.15. The SMILES string of the molecule is O=c1cc(-c2ccc(F)cc2)ncn1CCNS(=O)(=O)c1cc(Cl)c(Cl)cc1Cl. The van der Waals surface area contributed by atoms with Crippen LogP contribution in [0.3, 0.4) is 0 Å². The molecule has 0 bridgehead atoms. The molecular formula is C18H13Cl3FN3O3S. The number of sulfonamides is 1. The average molecular weight is 477 g/mol. The van der Waals surface area contributed by atoms with Gasteiger partial charge in [-0.1, -0.05) is 34.8 Å². The summed E-state index contributed by atoms with van der Waals surface area (Å²) in [5.74, 6) is -0.392. The summed E-state index contributed by atoms with van der Waals surface area (Å²) in [5, 5.41) is 0.108. The standard InChI is InChI=1S/C18H13Cl3FN3O3S/c19-13-7-15(21)17(8-14(13)20)29(27,28)24-5-6-25-10-23-16(9-18(25)26)11-1-3-12(22)4-2-11/h1-4,7-10,24H,5-6H2. The Hall–Kier alpha value is -1.97. The van der Waals surface area contributed by atoms with Crippen molar-refractivity contribution < 1.29 is 12.8 Å². The summed E-state index contributed by atoms with van der Waals surface area (Å²) in [5.41, 5.74) is 0.589. The van der Waals surface area contributed by atoms with Crippen LogP contribution >= 0.6 is 34.8 Å². The van der Waals surface area contributed by atoms with Crippen molar-refractivity contribution in [3.05, 3.63) is 80.0 Å². The van der Waals surface area contributed by atoms with Crippen molar-refractivity contribution in [3.8, 4) is 11.3 Å². The van der Waals surface area contributed by atoms with Gasteiger partial charge in [0.15, 0.2) is 0 Å². The number of halogens is 4. The van der Waals surface area contributed by atoms with Gasteiger partial charge in [-0.25, -0.2) is 22.5 Å². The number of benzene rings is 2. The Morgan fingerprint density at radius 1 is 1.00 bits per heavy atom. The molecule has 29 heavy (non-hydrogen) atoms. The van der Waals surface area contributed by atoms with Gasteiger partial charge in [0.2, 0.25) is 10.0 Å². The van der Waals surface area contributed by atoms with Crippen molar-refractivity contribution in [2.24, 2.45) is 0 Å². The second-order valence-electron chi connectivity index (χ2n) is 5.91. The smallest absolute Gasteiger partial charge is 0.253 e. The molecular weight excluding hydrogens is 464 g/mol. The number of nitrogens with one attached hydrogen (secondary N) is 1. The quantitative estimate of drug-likeness (QED) is 0.546. The van der Waals surface area contributed by atoms with E-state index in [9.17, 15) is 17.6 Å². The van der Waals surface area contributed by atoms with E-state index in [1.807, 2.05) is 0 Å². The summed E-state index contributed by atoms with van der Waals surface area (Å²) in [4.78, 5) is 16.2. The minimum Gasteiger partial charge on any atom is -0.298 e. The Morgan fingerprint density at radius 3 is 2.31 bits per heavy atom. The van der Waals surface area contributed by atoms with Crippen molar-refractivity contribution in [2.45, 2.75) is 11.4 Å². The van der Waals surface area contributed by atoms with Crippen molar-refractivity contribution in [2.75, 3.05) is 6.54 Å². The van der Waals surface area contributed by atoms with Crippen LogP contribution in [0.15, 0.2) is 58.5 Å². The highest BCUT2D eigenvalue weighted by Crippen LogP contribution is 2.31. The summed E-state index contributed by atoms with van der Waals surface area (Å²) in [6.07, 6.45) is 1.29. The molecule has 0 unspecified atom stereocenters. The molecule has 0 aliphatic carbocycles. The Kier molecular flexibility index (Phi) is 6.60. The van der Waals surface area contributed by atoms with Gasteiger partial charge in [0.1, 0.15) is 10.7 Å². The summed E-state index contributed by atoms with van der Waals surface area (Å²) in [6, 6.07) is 9.24. The molecule has 0 aliphatic heterocycles. The van der Waals surface area contributed by atoms with Gasteiger partial charge in [0, 0.05) is 24.7 Å². The highest BCUT2D eigenvalue weighted by molar-refractivity contribution is 7.89. The molecule has 1 N–H and O–H groups in total. The van der Waals surface area contributed by atoms with Crippen molar-refractivity contribution in [3.63, 3.8) is 0 Å². The van der Waals surface area contributed by atoms with Gasteiger partial charge < -0.3 is 0 Å². The van der Waals surface area contributed by atoms with E-state index in [4.69, 9.17) is 34.8 Å². The van der Waals surface area contributed by atoms with E-state index in [0.29, 0.717) is 11.3 Å². The molecule has 0 radical (unpaired) electrons. The molecule has 0 spiro atoms. The Bertz CT molecular complexity index is 1220. The Morgan fingerprint density at radius 2 is 1.66 bits per heavy atom. The third-order valence-electron chi connectivity index (χ3n) is 3.93. The van der Waals surface area contributed by atoms with Gasteiger partial charge in [0.05, 0.1) is 27.1 Å². The molecule has 0 fully saturated rings. The van der Waals surface area contributed by atoms with Crippen molar-refractivity contribution >= 4 is 44.8 Å². The van der Waals surface area contributed by atoms with Crippen LogP contribution in [0, 0.1) is 5.82 Å². The predicted molar refractivity (Wildman–Crippen MR) is 111 cm³/mol. The Labute approximate surface area is 180 Å². The molecule has 0 amide bonds. The lowest BCUT2D eigenvalue weighted by Crippen LogP contribution is -2.31. The van der Waals surface area contributed by atoms with Crippen LogP contribution in [0.5, 0.6) is 0 Å². The van der Waals surface area contributed by atoms with E-state index >= 15 is 0 Å². The predicted octanol–water partition coefficient (Wildman–Crippen LogP) is 3.99. The lowest BCUT2D eigenvalue weighted by molar-refractivity contribution is 0.569. The van der Waals surface area contributed by atoms with Crippen LogP contribution in [0.4, 0.5) is 4.39 Å². The van der Waals surface area contributed by atoms with Crippen LogP contribution in [-0.2, 0) is 16.6 Å². The van der Waals surface area contributed by atoms with Gasteiger partial charge in [-0.05, 0) is 36.4 Å². The maximum Gasteiger partial charge on any atom is 0.253 e. The van der Waals surface area contributed by atoms with Crippen LogP contribution in [0.25, 0.3) is 11.3 Å². The Balaban J connectivity index is 1.71. The number of aromatic nitrogens is 2. The molecule has 11 heteroatoms. The highest BCUT2D eigenvalue weighted by atomic mass is 35.5. The van der Waals surface area contributed by atoms with Crippen LogP contribution < -0.4 is 10.3 Å². The van der Waals surface area contributed by atoms with E-state index in [0.717, 1.165) is 6.07 Å². The second-order valence-corrected chi connectivity index (χ2v) is 8.86. The van der Waals surface area contributed by atoms with E-state index in [1.165, 1.54) is 47.3 Å². The zero-order valence-corrected chi connectivity index (χ0v) is 17.7. The molecule has 3 aromatic rings. The van der Waals surface area contributed by atoms with Gasteiger partial charge in [-0.3, -0.25) is 9.36 Å². The molecule has 6 nitrogen and oxygen atoms in total. The summed E-state index contributed by atoms with van der Waals surface area (Å²) >= 11 is 17.6. The van der Waals surface area contributed by atoms with Gasteiger partial charge in [-0.15, -0.1) is 0 Å². The molecule has 0 aliphatic rings. The number of hydrogen-bond donors (Lipinski definition) is 1. The first-order valence-corrected chi connectivity index (χ1v) is 10.8. The summed E-state index contributed by atoms with van der Waals surface area (Å²) < 4.78 is 41.5. The first kappa shape index (κ1) is 21.7. The fourth-order valence-electron chi connectivity index (χ4n) is 2.46. The lowest BCUT2D eigenvalue weighted by atomic mass is 10.1. The maximum atomic E-state index is 13.0. The topological polar surface area (TPSA) is 81.1 Å². The number of nitrogens with zero attached hydrogens (tertiary/aromatic N) is 2. The zero-order chi connectivity index (χ0) is 21.2. The summed E-state index contributed by atoms with van der Waals surface area (Å²) in [7, 11) is -3.96. The molecule has 1 aromatic heterocycles. The fourth-order valence-corrected chi connectivity index (χ4v) is 4.48. The largest absolute Gasteiger partial charge is 0.298 e. The van der Waals surface area contributed by atoms with E-state index in [1.54, 1.807) is 0 Å². The third-order valence-corrected chi connectivity index (χ3v) is 6.58. The van der Waals surface area contributed by atoms with Crippen LogP contribution in [0.1, 0.15) is 0 Å². The molecule has 3 rings (SSSR count). The fraction of sp³-hybridized carbons (Fsp3) is 0.111. The first-order chi connectivity index (χ1) is 13.7. The van der Waals surface area contributed by atoms with Gasteiger partial charge in [0.25, 0.3) is 5.56 Å².